The van der Waals surface area contributed by atoms with Gasteiger partial charge in [0.2, 0.25) is 5.95 Å². The molecule has 0 saturated carbocycles. The lowest BCUT2D eigenvalue weighted by Crippen LogP contribution is -2.42. The molecule has 0 aliphatic carbocycles. The topological polar surface area (TPSA) is 67.2 Å². The zero-order valence-electron chi connectivity index (χ0n) is 17.6. The predicted molar refractivity (Wildman–Crippen MR) is 116 cm³/mol. The standard InChI is InChI=1S/C22H26F2N6O/c1-15-7-19(26-16(2)13-29-3-5-31-6-4-29)12-20(8-15)27-22-25-14-30(28-22)21-10-17(23)9-18(24)11-21/h7-12,14,16,26H,3-6,13H2,1-2H3,(H,27,28). The van der Waals surface area contributed by atoms with E-state index in [4.69, 9.17) is 4.74 Å². The molecule has 164 valence electrons. The third-order valence-corrected chi connectivity index (χ3v) is 4.99. The van der Waals surface area contributed by atoms with E-state index in [-0.39, 0.29) is 11.7 Å². The maximum absolute atomic E-state index is 13.5. The van der Waals surface area contributed by atoms with Gasteiger partial charge in [-0.25, -0.2) is 13.5 Å². The highest BCUT2D eigenvalue weighted by Crippen LogP contribution is 2.22. The van der Waals surface area contributed by atoms with Gasteiger partial charge in [-0.1, -0.05) is 0 Å². The minimum atomic E-state index is -0.666. The highest BCUT2D eigenvalue weighted by molar-refractivity contribution is 5.63. The Morgan fingerprint density at radius 3 is 2.48 bits per heavy atom. The fourth-order valence-corrected chi connectivity index (χ4v) is 3.69. The van der Waals surface area contributed by atoms with Gasteiger partial charge in [0.25, 0.3) is 0 Å². The van der Waals surface area contributed by atoms with E-state index in [0.29, 0.717) is 5.95 Å². The third-order valence-electron chi connectivity index (χ3n) is 4.99. The number of nitrogens with one attached hydrogen (secondary N) is 2. The second-order valence-corrected chi connectivity index (χ2v) is 7.81. The lowest BCUT2D eigenvalue weighted by atomic mass is 10.1. The van der Waals surface area contributed by atoms with E-state index < -0.39 is 11.6 Å². The van der Waals surface area contributed by atoms with Crippen LogP contribution in [0.15, 0.2) is 42.7 Å². The molecule has 1 aromatic heterocycles. The van der Waals surface area contributed by atoms with Crippen LogP contribution in [0.4, 0.5) is 26.1 Å². The summed E-state index contributed by atoms with van der Waals surface area (Å²) < 4.78 is 33.7. The molecule has 31 heavy (non-hydrogen) atoms. The predicted octanol–water partition coefficient (Wildman–Crippen LogP) is 3.73. The minimum absolute atomic E-state index is 0.265. The summed E-state index contributed by atoms with van der Waals surface area (Å²) in [6.07, 6.45) is 1.41. The fraction of sp³-hybridized carbons (Fsp3) is 0.364. The van der Waals surface area contributed by atoms with Crippen molar-refractivity contribution in [3.63, 3.8) is 0 Å². The first-order valence-electron chi connectivity index (χ1n) is 10.3. The van der Waals surface area contributed by atoms with Crippen LogP contribution in [0.1, 0.15) is 12.5 Å². The van der Waals surface area contributed by atoms with E-state index in [0.717, 1.165) is 55.9 Å². The number of aryl methyl sites for hydroxylation is 1. The maximum atomic E-state index is 13.5. The van der Waals surface area contributed by atoms with Gasteiger partial charge >= 0.3 is 0 Å². The molecule has 2 aromatic carbocycles. The second kappa shape index (κ2) is 9.40. The number of benzene rings is 2. The summed E-state index contributed by atoms with van der Waals surface area (Å²) in [6, 6.07) is 9.56. The maximum Gasteiger partial charge on any atom is 0.246 e. The molecule has 7 nitrogen and oxygen atoms in total. The molecule has 4 rings (SSSR count). The van der Waals surface area contributed by atoms with Gasteiger partial charge in [0.15, 0.2) is 0 Å². The van der Waals surface area contributed by atoms with E-state index in [1.165, 1.54) is 23.1 Å². The van der Waals surface area contributed by atoms with Crippen LogP contribution in [0.3, 0.4) is 0 Å². The first-order chi connectivity index (χ1) is 14.9. The van der Waals surface area contributed by atoms with Gasteiger partial charge in [0.05, 0.1) is 18.9 Å². The molecule has 1 aliphatic rings. The Bertz CT molecular complexity index is 1010. The molecule has 2 heterocycles. The molecule has 1 aliphatic heterocycles. The van der Waals surface area contributed by atoms with Gasteiger partial charge in [-0.05, 0) is 49.7 Å². The zero-order chi connectivity index (χ0) is 21.8. The number of morpholine rings is 1. The monoisotopic (exact) mass is 428 g/mol. The van der Waals surface area contributed by atoms with Gasteiger partial charge in [0.1, 0.15) is 18.0 Å². The van der Waals surface area contributed by atoms with Crippen molar-refractivity contribution in [2.24, 2.45) is 0 Å². The first-order valence-corrected chi connectivity index (χ1v) is 10.3. The third kappa shape index (κ3) is 5.77. The van der Waals surface area contributed by atoms with Crippen molar-refractivity contribution in [3.8, 4) is 5.69 Å². The molecule has 0 spiro atoms. The molecule has 0 bridgehead atoms. The highest BCUT2D eigenvalue weighted by atomic mass is 19.1. The molecule has 0 amide bonds. The van der Waals surface area contributed by atoms with Gasteiger partial charge in [0, 0.05) is 43.1 Å². The van der Waals surface area contributed by atoms with Crippen LogP contribution in [-0.4, -0.2) is 58.6 Å². The first kappa shape index (κ1) is 21.2. The fourth-order valence-electron chi connectivity index (χ4n) is 3.69. The van der Waals surface area contributed by atoms with E-state index in [1.807, 2.05) is 19.1 Å². The lowest BCUT2D eigenvalue weighted by molar-refractivity contribution is 0.0368. The lowest BCUT2D eigenvalue weighted by Gasteiger charge is -2.29. The molecule has 2 N–H and O–H groups in total. The van der Waals surface area contributed by atoms with Crippen LogP contribution in [0, 0.1) is 18.6 Å². The molecular weight excluding hydrogens is 402 g/mol. The number of aromatic nitrogens is 3. The van der Waals surface area contributed by atoms with E-state index in [2.05, 4.69) is 38.6 Å². The van der Waals surface area contributed by atoms with Crippen LogP contribution in [0.25, 0.3) is 5.69 Å². The minimum Gasteiger partial charge on any atom is -0.381 e. The summed E-state index contributed by atoms with van der Waals surface area (Å²) in [6.45, 7) is 8.60. The molecule has 1 unspecified atom stereocenters. The molecule has 1 fully saturated rings. The molecule has 3 aromatic rings. The number of rotatable bonds is 7. The van der Waals surface area contributed by atoms with E-state index in [9.17, 15) is 8.78 Å². The average molecular weight is 428 g/mol. The van der Waals surface area contributed by atoms with Crippen molar-refractivity contribution < 1.29 is 13.5 Å². The van der Waals surface area contributed by atoms with Crippen molar-refractivity contribution in [1.82, 2.24) is 19.7 Å². The van der Waals surface area contributed by atoms with Gasteiger partial charge in [-0.3, -0.25) is 4.90 Å². The number of nitrogens with zero attached hydrogens (tertiary/aromatic N) is 4. The number of hydrogen-bond donors (Lipinski definition) is 2. The van der Waals surface area contributed by atoms with Crippen molar-refractivity contribution in [2.75, 3.05) is 43.5 Å². The SMILES string of the molecule is Cc1cc(Nc2ncn(-c3cc(F)cc(F)c3)n2)cc(NC(C)CN2CCOCC2)c1. The van der Waals surface area contributed by atoms with Crippen molar-refractivity contribution in [3.05, 3.63) is 59.9 Å². The van der Waals surface area contributed by atoms with E-state index in [1.54, 1.807) is 0 Å². The van der Waals surface area contributed by atoms with E-state index >= 15 is 0 Å². The molecule has 0 radical (unpaired) electrons. The molecular formula is C22H26F2N6O. The Kier molecular flexibility index (Phi) is 6.43. The van der Waals surface area contributed by atoms with Gasteiger partial charge < -0.3 is 15.4 Å². The van der Waals surface area contributed by atoms with Crippen LogP contribution >= 0.6 is 0 Å². The number of halogens is 2. The van der Waals surface area contributed by atoms with Crippen molar-refractivity contribution in [2.45, 2.75) is 19.9 Å². The average Bonchev–Trinajstić information content (AvgIpc) is 3.16. The van der Waals surface area contributed by atoms with Crippen molar-refractivity contribution in [1.29, 1.82) is 0 Å². The summed E-state index contributed by atoms with van der Waals surface area (Å²) in [5, 5.41) is 11.0. The molecule has 1 atom stereocenters. The Hall–Kier alpha value is -3.04. The quantitative estimate of drug-likeness (QED) is 0.598. The number of hydrogen-bond acceptors (Lipinski definition) is 6. The second-order valence-electron chi connectivity index (χ2n) is 7.81. The summed E-state index contributed by atoms with van der Waals surface area (Å²) in [5.41, 5.74) is 3.17. The van der Waals surface area contributed by atoms with Gasteiger partial charge in [-0.15, -0.1) is 5.10 Å². The number of ether oxygens (including phenoxy) is 1. The zero-order valence-corrected chi connectivity index (χ0v) is 17.6. The van der Waals surface area contributed by atoms with Crippen LogP contribution in [-0.2, 0) is 4.74 Å². The van der Waals surface area contributed by atoms with Crippen molar-refractivity contribution >= 4 is 17.3 Å². The molecule has 9 heteroatoms. The Morgan fingerprint density at radius 2 is 1.74 bits per heavy atom. The largest absolute Gasteiger partial charge is 0.381 e. The molecule has 1 saturated heterocycles. The van der Waals surface area contributed by atoms with Crippen LogP contribution < -0.4 is 10.6 Å². The summed E-state index contributed by atoms with van der Waals surface area (Å²) in [4.78, 5) is 6.59. The highest BCUT2D eigenvalue weighted by Gasteiger charge is 2.14. The number of anilines is 3. The Balaban J connectivity index is 1.43. The summed E-state index contributed by atoms with van der Waals surface area (Å²) in [7, 11) is 0. The van der Waals surface area contributed by atoms with Gasteiger partial charge in [-0.2, -0.15) is 4.98 Å². The summed E-state index contributed by atoms with van der Waals surface area (Å²) >= 11 is 0. The normalized spacial score (nSPS) is 15.6. The summed E-state index contributed by atoms with van der Waals surface area (Å²) in [5.74, 6) is -0.996. The smallest absolute Gasteiger partial charge is 0.246 e. The van der Waals surface area contributed by atoms with Crippen LogP contribution in [0.2, 0.25) is 0 Å². The Labute approximate surface area is 180 Å². The Morgan fingerprint density at radius 1 is 1.03 bits per heavy atom. The van der Waals surface area contributed by atoms with Crippen LogP contribution in [0.5, 0.6) is 0 Å².